The van der Waals surface area contributed by atoms with Gasteiger partial charge in [-0.3, -0.25) is 9.58 Å². The zero-order chi connectivity index (χ0) is 13.7. The van der Waals surface area contributed by atoms with E-state index in [0.717, 1.165) is 36.4 Å². The zero-order valence-corrected chi connectivity index (χ0v) is 13.6. The molecule has 0 N–H and O–H groups in total. The summed E-state index contributed by atoms with van der Waals surface area (Å²) in [6.45, 7) is 11.8. The van der Waals surface area contributed by atoms with Gasteiger partial charge < -0.3 is 4.74 Å². The van der Waals surface area contributed by atoms with E-state index in [-0.39, 0.29) is 0 Å². The van der Waals surface area contributed by atoms with Gasteiger partial charge in [0.1, 0.15) is 0 Å². The molecular weight excluding hydrogens is 294 g/mol. The highest BCUT2D eigenvalue weighted by Gasteiger charge is 2.13. The van der Waals surface area contributed by atoms with E-state index in [1.807, 2.05) is 6.92 Å². The molecule has 0 aliphatic rings. The van der Waals surface area contributed by atoms with Crippen LogP contribution in [0.4, 0.5) is 0 Å². The first-order chi connectivity index (χ1) is 8.45. The lowest BCUT2D eigenvalue weighted by Crippen LogP contribution is -2.25. The van der Waals surface area contributed by atoms with Crippen LogP contribution >= 0.6 is 15.9 Å². The number of hydrogen-bond acceptors (Lipinski definition) is 3. The van der Waals surface area contributed by atoms with E-state index in [2.05, 4.69) is 58.4 Å². The van der Waals surface area contributed by atoms with Crippen molar-refractivity contribution < 1.29 is 4.74 Å². The summed E-state index contributed by atoms with van der Waals surface area (Å²) in [6.07, 6.45) is 0.300. The van der Waals surface area contributed by atoms with Crippen LogP contribution in [0.5, 0.6) is 0 Å². The SMILES string of the molecule is CCn1nc(C)c(Br)c1CN(C)CCOC(C)C. The molecule has 1 rings (SSSR count). The van der Waals surface area contributed by atoms with Gasteiger partial charge in [-0.25, -0.2) is 0 Å². The van der Waals surface area contributed by atoms with Crippen molar-refractivity contribution in [1.29, 1.82) is 0 Å². The van der Waals surface area contributed by atoms with Crippen molar-refractivity contribution in [2.24, 2.45) is 0 Å². The van der Waals surface area contributed by atoms with Crippen LogP contribution in [0.3, 0.4) is 0 Å². The molecule has 0 saturated carbocycles. The topological polar surface area (TPSA) is 30.3 Å². The number of aromatic nitrogens is 2. The fraction of sp³-hybridized carbons (Fsp3) is 0.769. The lowest BCUT2D eigenvalue weighted by Gasteiger charge is -2.18. The third-order valence-corrected chi connectivity index (χ3v) is 3.83. The quantitative estimate of drug-likeness (QED) is 0.774. The molecule has 18 heavy (non-hydrogen) atoms. The minimum absolute atomic E-state index is 0.300. The highest BCUT2D eigenvalue weighted by Crippen LogP contribution is 2.22. The normalized spacial score (nSPS) is 11.8. The van der Waals surface area contributed by atoms with Crippen molar-refractivity contribution in [3.63, 3.8) is 0 Å². The Hall–Kier alpha value is -0.390. The molecule has 0 unspecified atom stereocenters. The lowest BCUT2D eigenvalue weighted by molar-refractivity contribution is 0.0622. The second-order valence-corrected chi connectivity index (χ2v) is 5.61. The molecule has 0 spiro atoms. The van der Waals surface area contributed by atoms with E-state index in [4.69, 9.17) is 4.74 Å². The number of rotatable bonds is 7. The lowest BCUT2D eigenvalue weighted by atomic mass is 10.3. The first-order valence-electron chi connectivity index (χ1n) is 6.47. The second-order valence-electron chi connectivity index (χ2n) is 4.82. The molecule has 0 radical (unpaired) electrons. The van der Waals surface area contributed by atoms with E-state index >= 15 is 0 Å². The zero-order valence-electron chi connectivity index (χ0n) is 12.0. The first-order valence-corrected chi connectivity index (χ1v) is 7.26. The molecule has 5 heteroatoms. The van der Waals surface area contributed by atoms with E-state index in [1.54, 1.807) is 0 Å². The van der Waals surface area contributed by atoms with Crippen molar-refractivity contribution >= 4 is 15.9 Å². The number of aryl methyl sites for hydroxylation is 2. The van der Waals surface area contributed by atoms with Gasteiger partial charge in [-0.15, -0.1) is 0 Å². The van der Waals surface area contributed by atoms with Gasteiger partial charge in [-0.1, -0.05) is 0 Å². The molecule has 0 bridgehead atoms. The molecule has 104 valence electrons. The van der Waals surface area contributed by atoms with Crippen molar-refractivity contribution in [2.75, 3.05) is 20.2 Å². The summed E-state index contributed by atoms with van der Waals surface area (Å²) in [4.78, 5) is 2.26. The van der Waals surface area contributed by atoms with E-state index in [9.17, 15) is 0 Å². The van der Waals surface area contributed by atoms with Crippen LogP contribution in [0.15, 0.2) is 4.47 Å². The molecule has 1 heterocycles. The summed E-state index contributed by atoms with van der Waals surface area (Å²) in [6, 6.07) is 0. The predicted octanol–water partition coefficient (Wildman–Crippen LogP) is 2.83. The molecule has 0 aliphatic carbocycles. The van der Waals surface area contributed by atoms with Gasteiger partial charge in [0, 0.05) is 19.6 Å². The minimum Gasteiger partial charge on any atom is -0.377 e. The molecule has 1 aromatic rings. The summed E-state index contributed by atoms with van der Waals surface area (Å²) in [5, 5.41) is 4.50. The highest BCUT2D eigenvalue weighted by atomic mass is 79.9. The van der Waals surface area contributed by atoms with Gasteiger partial charge in [0.2, 0.25) is 0 Å². The maximum absolute atomic E-state index is 5.57. The predicted molar refractivity (Wildman–Crippen MR) is 77.8 cm³/mol. The van der Waals surface area contributed by atoms with Gasteiger partial charge >= 0.3 is 0 Å². The average Bonchev–Trinajstić information content (AvgIpc) is 2.56. The fourth-order valence-corrected chi connectivity index (χ4v) is 2.21. The van der Waals surface area contributed by atoms with Crippen molar-refractivity contribution in [3.8, 4) is 0 Å². The Morgan fingerprint density at radius 3 is 2.67 bits per heavy atom. The van der Waals surface area contributed by atoms with Gasteiger partial charge in [-0.2, -0.15) is 5.10 Å². The van der Waals surface area contributed by atoms with Crippen molar-refractivity contribution in [3.05, 3.63) is 15.9 Å². The monoisotopic (exact) mass is 317 g/mol. The smallest absolute Gasteiger partial charge is 0.0739 e. The Balaban J connectivity index is 2.55. The molecule has 0 amide bonds. The van der Waals surface area contributed by atoms with Crippen LogP contribution < -0.4 is 0 Å². The van der Waals surface area contributed by atoms with Crippen LogP contribution in [0, 0.1) is 6.92 Å². The minimum atomic E-state index is 0.300. The maximum Gasteiger partial charge on any atom is 0.0739 e. The van der Waals surface area contributed by atoms with Crippen LogP contribution in [-0.2, 0) is 17.8 Å². The van der Waals surface area contributed by atoms with E-state index in [1.165, 1.54) is 5.69 Å². The largest absolute Gasteiger partial charge is 0.377 e. The molecule has 0 fully saturated rings. The third-order valence-electron chi connectivity index (χ3n) is 2.80. The standard InChI is InChI=1S/C13H24BrN3O/c1-6-17-12(13(14)11(4)15-17)9-16(5)7-8-18-10(2)3/h10H,6-9H2,1-5H3. The summed E-state index contributed by atoms with van der Waals surface area (Å²) < 4.78 is 8.75. The third kappa shape index (κ3) is 4.37. The Morgan fingerprint density at radius 1 is 1.44 bits per heavy atom. The number of halogens is 1. The van der Waals surface area contributed by atoms with Crippen LogP contribution in [0.1, 0.15) is 32.2 Å². The van der Waals surface area contributed by atoms with Gasteiger partial charge in [-0.05, 0) is 50.7 Å². The maximum atomic E-state index is 5.57. The second kappa shape index (κ2) is 7.26. The molecule has 0 aromatic carbocycles. The molecule has 4 nitrogen and oxygen atoms in total. The number of nitrogens with zero attached hydrogens (tertiary/aromatic N) is 3. The molecule has 0 saturated heterocycles. The van der Waals surface area contributed by atoms with Crippen molar-refractivity contribution in [2.45, 2.75) is 46.9 Å². The van der Waals surface area contributed by atoms with Gasteiger partial charge in [0.05, 0.1) is 28.6 Å². The Bertz CT molecular complexity index is 377. The first kappa shape index (κ1) is 15.7. The van der Waals surface area contributed by atoms with Gasteiger partial charge in [0.15, 0.2) is 0 Å². The molecule has 0 atom stereocenters. The summed E-state index contributed by atoms with van der Waals surface area (Å²) in [5.41, 5.74) is 2.29. The number of likely N-dealkylation sites (N-methyl/N-ethyl adjacent to an activating group) is 1. The molecule has 1 aromatic heterocycles. The Morgan fingerprint density at radius 2 is 2.11 bits per heavy atom. The number of ether oxygens (including phenoxy) is 1. The van der Waals surface area contributed by atoms with Crippen LogP contribution in [0.2, 0.25) is 0 Å². The fourth-order valence-electron chi connectivity index (χ4n) is 1.80. The average molecular weight is 318 g/mol. The number of hydrogen-bond donors (Lipinski definition) is 0. The van der Waals surface area contributed by atoms with Crippen LogP contribution in [0.25, 0.3) is 0 Å². The summed E-state index contributed by atoms with van der Waals surface area (Å²) in [7, 11) is 2.11. The molecular formula is C13H24BrN3O. The summed E-state index contributed by atoms with van der Waals surface area (Å²) >= 11 is 3.62. The van der Waals surface area contributed by atoms with E-state index in [0.29, 0.717) is 6.10 Å². The molecule has 0 aliphatic heterocycles. The van der Waals surface area contributed by atoms with Crippen LogP contribution in [-0.4, -0.2) is 41.0 Å². The highest BCUT2D eigenvalue weighted by molar-refractivity contribution is 9.10. The van der Waals surface area contributed by atoms with Crippen molar-refractivity contribution in [1.82, 2.24) is 14.7 Å². The Labute approximate surface area is 118 Å². The summed E-state index contributed by atoms with van der Waals surface area (Å²) in [5.74, 6) is 0. The Kier molecular flexibility index (Phi) is 6.32. The van der Waals surface area contributed by atoms with Gasteiger partial charge in [0.25, 0.3) is 0 Å². The van der Waals surface area contributed by atoms with E-state index < -0.39 is 0 Å².